The van der Waals surface area contributed by atoms with Crippen molar-refractivity contribution in [2.24, 2.45) is 0 Å². The van der Waals surface area contributed by atoms with Crippen LogP contribution in [0.1, 0.15) is 23.1 Å². The molecule has 1 aromatic carbocycles. The summed E-state index contributed by atoms with van der Waals surface area (Å²) >= 11 is 0. The molecule has 17 heavy (non-hydrogen) atoms. The molecule has 2 rings (SSSR count). The van der Waals surface area contributed by atoms with Gasteiger partial charge >= 0.3 is 0 Å². The summed E-state index contributed by atoms with van der Waals surface area (Å²) in [4.78, 5) is 4.26. The summed E-state index contributed by atoms with van der Waals surface area (Å²) in [6.07, 6.45) is -0.211. The third kappa shape index (κ3) is 3.11. The first-order chi connectivity index (χ1) is 8.15. The predicted molar refractivity (Wildman–Crippen MR) is 64.0 cm³/mol. The molecule has 3 heteroatoms. The Hall–Kier alpha value is -1.74. The van der Waals surface area contributed by atoms with Gasteiger partial charge in [-0.05, 0) is 36.8 Å². The quantitative estimate of drug-likeness (QED) is 0.881. The number of aromatic nitrogens is 1. The van der Waals surface area contributed by atoms with E-state index in [0.717, 1.165) is 11.3 Å². The normalized spacial score (nSPS) is 12.4. The molecule has 0 aliphatic carbocycles. The van der Waals surface area contributed by atoms with E-state index < -0.39 is 6.10 Å². The van der Waals surface area contributed by atoms with Crippen molar-refractivity contribution in [1.29, 1.82) is 0 Å². The summed E-state index contributed by atoms with van der Waals surface area (Å²) in [6.45, 7) is 1.88. The zero-order chi connectivity index (χ0) is 12.3. The third-order valence-corrected chi connectivity index (χ3v) is 2.59. The van der Waals surface area contributed by atoms with Gasteiger partial charge in [0.2, 0.25) is 0 Å². The van der Waals surface area contributed by atoms with Crippen LogP contribution in [0.3, 0.4) is 0 Å². The molecule has 88 valence electrons. The van der Waals surface area contributed by atoms with Gasteiger partial charge in [-0.3, -0.25) is 4.98 Å². The Kier molecular flexibility index (Phi) is 3.49. The van der Waals surface area contributed by atoms with Crippen molar-refractivity contribution in [2.75, 3.05) is 0 Å². The molecule has 1 atom stereocenters. The second kappa shape index (κ2) is 5.06. The van der Waals surface area contributed by atoms with E-state index in [1.54, 1.807) is 18.2 Å². The molecule has 1 heterocycles. The molecular formula is C14H14FNO. The fourth-order valence-corrected chi connectivity index (χ4v) is 1.70. The second-order valence-corrected chi connectivity index (χ2v) is 4.05. The fraction of sp³-hybridized carbons (Fsp3) is 0.214. The molecule has 1 unspecified atom stereocenters. The van der Waals surface area contributed by atoms with E-state index in [-0.39, 0.29) is 5.82 Å². The van der Waals surface area contributed by atoms with E-state index in [1.807, 2.05) is 19.1 Å². The highest BCUT2D eigenvalue weighted by Crippen LogP contribution is 2.16. The third-order valence-electron chi connectivity index (χ3n) is 2.59. The van der Waals surface area contributed by atoms with E-state index in [4.69, 9.17) is 0 Å². The van der Waals surface area contributed by atoms with Crippen LogP contribution in [-0.4, -0.2) is 10.1 Å². The minimum atomic E-state index is -0.652. The monoisotopic (exact) mass is 231 g/mol. The van der Waals surface area contributed by atoms with Gasteiger partial charge in [0.05, 0.1) is 11.8 Å². The van der Waals surface area contributed by atoms with Gasteiger partial charge in [0.25, 0.3) is 0 Å². The van der Waals surface area contributed by atoms with Gasteiger partial charge in [-0.15, -0.1) is 0 Å². The number of benzene rings is 1. The fourth-order valence-electron chi connectivity index (χ4n) is 1.70. The average molecular weight is 231 g/mol. The summed E-state index contributed by atoms with van der Waals surface area (Å²) in [6, 6.07) is 11.7. The largest absolute Gasteiger partial charge is 0.386 e. The van der Waals surface area contributed by atoms with Gasteiger partial charge in [0.1, 0.15) is 5.82 Å². The molecule has 0 saturated heterocycles. The van der Waals surface area contributed by atoms with Crippen molar-refractivity contribution in [1.82, 2.24) is 4.98 Å². The Bertz CT molecular complexity index is 496. The van der Waals surface area contributed by atoms with Gasteiger partial charge in [-0.25, -0.2) is 4.39 Å². The number of pyridine rings is 1. The minimum absolute atomic E-state index is 0.267. The number of hydrogen-bond donors (Lipinski definition) is 1. The van der Waals surface area contributed by atoms with E-state index in [1.165, 1.54) is 12.1 Å². The summed E-state index contributed by atoms with van der Waals surface area (Å²) in [5.74, 6) is -0.267. The lowest BCUT2D eigenvalue weighted by molar-refractivity contribution is 0.173. The number of nitrogens with zero attached hydrogens (tertiary/aromatic N) is 1. The van der Waals surface area contributed by atoms with Crippen molar-refractivity contribution in [3.63, 3.8) is 0 Å². The first kappa shape index (κ1) is 11.7. The lowest BCUT2D eigenvalue weighted by Crippen LogP contribution is -2.04. The summed E-state index contributed by atoms with van der Waals surface area (Å²) in [7, 11) is 0. The number of rotatable bonds is 3. The Labute approximate surface area is 99.8 Å². The van der Waals surface area contributed by atoms with Gasteiger partial charge in [-0.2, -0.15) is 0 Å². The molecule has 0 amide bonds. The molecule has 2 nitrogen and oxygen atoms in total. The predicted octanol–water partition coefficient (Wildman–Crippen LogP) is 2.81. The number of aliphatic hydroxyl groups is 1. The molecule has 0 bridgehead atoms. The molecule has 2 aromatic rings. The number of aliphatic hydroxyl groups excluding tert-OH is 1. The second-order valence-electron chi connectivity index (χ2n) is 4.05. The Morgan fingerprint density at radius 2 is 1.88 bits per heavy atom. The molecule has 0 saturated carbocycles. The molecule has 1 aromatic heterocycles. The number of hydrogen-bond acceptors (Lipinski definition) is 2. The Morgan fingerprint density at radius 3 is 2.53 bits per heavy atom. The Balaban J connectivity index is 2.11. The van der Waals surface area contributed by atoms with Crippen LogP contribution in [0.4, 0.5) is 4.39 Å². The molecule has 1 N–H and O–H groups in total. The highest BCUT2D eigenvalue weighted by molar-refractivity contribution is 5.20. The molecular weight excluding hydrogens is 217 g/mol. The van der Waals surface area contributed by atoms with E-state index >= 15 is 0 Å². The average Bonchev–Trinajstić information content (AvgIpc) is 2.32. The first-order valence-electron chi connectivity index (χ1n) is 5.51. The Morgan fingerprint density at radius 1 is 1.18 bits per heavy atom. The van der Waals surface area contributed by atoms with Crippen LogP contribution in [0.25, 0.3) is 0 Å². The van der Waals surface area contributed by atoms with Crippen LogP contribution in [-0.2, 0) is 6.42 Å². The summed E-state index contributed by atoms with van der Waals surface area (Å²) in [5.41, 5.74) is 2.41. The highest BCUT2D eigenvalue weighted by atomic mass is 19.1. The van der Waals surface area contributed by atoms with Crippen LogP contribution in [0.2, 0.25) is 0 Å². The zero-order valence-electron chi connectivity index (χ0n) is 9.60. The molecule has 0 radical (unpaired) electrons. The topological polar surface area (TPSA) is 33.1 Å². The first-order valence-corrected chi connectivity index (χ1v) is 5.51. The van der Waals surface area contributed by atoms with E-state index in [9.17, 15) is 9.50 Å². The van der Waals surface area contributed by atoms with Crippen LogP contribution in [0.15, 0.2) is 42.5 Å². The maximum atomic E-state index is 12.7. The van der Waals surface area contributed by atoms with Crippen LogP contribution < -0.4 is 0 Å². The van der Waals surface area contributed by atoms with Gasteiger partial charge in [0.15, 0.2) is 0 Å². The van der Waals surface area contributed by atoms with E-state index in [0.29, 0.717) is 12.1 Å². The van der Waals surface area contributed by atoms with Gasteiger partial charge < -0.3 is 5.11 Å². The molecule has 0 aliphatic heterocycles. The number of aryl methyl sites for hydroxylation is 1. The van der Waals surface area contributed by atoms with Crippen LogP contribution in [0.5, 0.6) is 0 Å². The van der Waals surface area contributed by atoms with Crippen molar-refractivity contribution in [3.05, 3.63) is 65.2 Å². The van der Waals surface area contributed by atoms with Crippen molar-refractivity contribution in [2.45, 2.75) is 19.4 Å². The minimum Gasteiger partial charge on any atom is -0.386 e. The van der Waals surface area contributed by atoms with Crippen LogP contribution >= 0.6 is 0 Å². The summed E-state index contributed by atoms with van der Waals surface area (Å²) < 4.78 is 12.7. The molecule has 0 aliphatic rings. The molecule has 0 spiro atoms. The zero-order valence-corrected chi connectivity index (χ0v) is 9.60. The maximum Gasteiger partial charge on any atom is 0.123 e. The standard InChI is InChI=1S/C14H14FNO/c1-10-3-2-4-13(16-10)14(17)9-11-5-7-12(15)8-6-11/h2-8,14,17H,9H2,1H3. The lowest BCUT2D eigenvalue weighted by Gasteiger charge is -2.10. The maximum absolute atomic E-state index is 12.7. The highest BCUT2D eigenvalue weighted by Gasteiger charge is 2.10. The van der Waals surface area contributed by atoms with Crippen molar-refractivity contribution < 1.29 is 9.50 Å². The van der Waals surface area contributed by atoms with Gasteiger partial charge in [0, 0.05) is 12.1 Å². The SMILES string of the molecule is Cc1cccc(C(O)Cc2ccc(F)cc2)n1. The molecule has 0 fully saturated rings. The smallest absolute Gasteiger partial charge is 0.123 e. The lowest BCUT2D eigenvalue weighted by atomic mass is 10.1. The van der Waals surface area contributed by atoms with Gasteiger partial charge in [-0.1, -0.05) is 18.2 Å². The number of halogens is 1. The van der Waals surface area contributed by atoms with E-state index in [2.05, 4.69) is 4.98 Å². The van der Waals surface area contributed by atoms with Crippen molar-refractivity contribution >= 4 is 0 Å². The summed E-state index contributed by atoms with van der Waals surface area (Å²) in [5, 5.41) is 10.0. The van der Waals surface area contributed by atoms with Crippen molar-refractivity contribution in [3.8, 4) is 0 Å². The van der Waals surface area contributed by atoms with Crippen LogP contribution in [0, 0.1) is 12.7 Å².